The number of carbonyl (C=O) groups is 1. The molecule has 0 heterocycles. The van der Waals surface area contributed by atoms with E-state index in [0.29, 0.717) is 18.0 Å². The van der Waals surface area contributed by atoms with Gasteiger partial charge in [-0.1, -0.05) is 19.8 Å². The molecule has 3 N–H and O–H groups in total. The van der Waals surface area contributed by atoms with Gasteiger partial charge in [0, 0.05) is 6.07 Å². The van der Waals surface area contributed by atoms with Crippen molar-refractivity contribution in [2.45, 2.75) is 26.3 Å². The lowest BCUT2D eigenvalue weighted by atomic mass is 10.0. The van der Waals surface area contributed by atoms with E-state index in [4.69, 9.17) is 11.2 Å². The van der Waals surface area contributed by atoms with Gasteiger partial charge in [-0.15, -0.1) is 6.42 Å². The highest BCUT2D eigenvalue weighted by molar-refractivity contribution is 5.91. The molecule has 1 aromatic carbocycles. The van der Waals surface area contributed by atoms with Crippen molar-refractivity contribution in [2.24, 2.45) is 5.92 Å². The smallest absolute Gasteiger partial charge is 0.319 e. The summed E-state index contributed by atoms with van der Waals surface area (Å²) in [6, 6.07) is 2.88. The summed E-state index contributed by atoms with van der Waals surface area (Å²) < 4.78 is 18.4. The minimum Gasteiger partial charge on any atom is -0.479 e. The molecule has 1 rings (SSSR count). The fourth-order valence-corrected chi connectivity index (χ4v) is 1.93. The van der Waals surface area contributed by atoms with Crippen LogP contribution in [0.15, 0.2) is 18.2 Å². The van der Waals surface area contributed by atoms with E-state index in [1.807, 2.05) is 13.8 Å². The molecule has 0 fully saturated rings. The number of benzene rings is 1. The zero-order chi connectivity index (χ0) is 16.5. The van der Waals surface area contributed by atoms with Gasteiger partial charge >= 0.3 is 6.03 Å². The predicted octanol–water partition coefficient (Wildman–Crippen LogP) is 2.37. The second-order valence-electron chi connectivity index (χ2n) is 5.24. The fourth-order valence-electron chi connectivity index (χ4n) is 1.93. The molecule has 0 aliphatic carbocycles. The van der Waals surface area contributed by atoms with Crippen molar-refractivity contribution in [3.63, 3.8) is 0 Å². The lowest BCUT2D eigenvalue weighted by molar-refractivity contribution is 0.214. The molecule has 0 radical (unpaired) electrons. The van der Waals surface area contributed by atoms with Gasteiger partial charge in [0.15, 0.2) is 0 Å². The van der Waals surface area contributed by atoms with Crippen molar-refractivity contribution in [1.82, 2.24) is 5.32 Å². The Morgan fingerprint density at radius 1 is 1.50 bits per heavy atom. The summed E-state index contributed by atoms with van der Waals surface area (Å²) in [5.74, 6) is 2.26. The normalized spacial score (nSPS) is 11.6. The predicted molar refractivity (Wildman–Crippen MR) is 83.2 cm³/mol. The number of ether oxygens (including phenoxy) is 1. The minimum absolute atomic E-state index is 0.0354. The van der Waals surface area contributed by atoms with Crippen LogP contribution < -0.4 is 15.4 Å². The first-order valence-corrected chi connectivity index (χ1v) is 7.00. The van der Waals surface area contributed by atoms with Crippen LogP contribution in [0.3, 0.4) is 0 Å². The van der Waals surface area contributed by atoms with Gasteiger partial charge in [-0.05, 0) is 24.5 Å². The summed E-state index contributed by atoms with van der Waals surface area (Å²) in [4.78, 5) is 12.0. The molecule has 0 saturated carbocycles. The van der Waals surface area contributed by atoms with Crippen molar-refractivity contribution >= 4 is 11.7 Å². The Hall–Kier alpha value is -2.26. The molecule has 6 heteroatoms. The lowest BCUT2D eigenvalue weighted by Crippen LogP contribution is -2.41. The first-order valence-electron chi connectivity index (χ1n) is 7.00. The van der Waals surface area contributed by atoms with Crippen molar-refractivity contribution in [2.75, 3.05) is 18.5 Å². The number of carbonyl (C=O) groups excluding carboxylic acids is 1. The van der Waals surface area contributed by atoms with E-state index in [1.165, 1.54) is 12.1 Å². The van der Waals surface area contributed by atoms with E-state index in [2.05, 4.69) is 16.6 Å². The summed E-state index contributed by atoms with van der Waals surface area (Å²) in [6.45, 7) is 3.80. The Balaban J connectivity index is 2.72. The van der Waals surface area contributed by atoms with Gasteiger partial charge in [0.05, 0.1) is 18.3 Å². The van der Waals surface area contributed by atoms with E-state index in [1.54, 1.807) is 0 Å². The number of terminal acetylenes is 1. The Bertz CT molecular complexity index is 541. The molecule has 1 atom stereocenters. The van der Waals surface area contributed by atoms with E-state index in [0.717, 1.165) is 6.07 Å². The molecule has 0 aromatic heterocycles. The summed E-state index contributed by atoms with van der Waals surface area (Å²) in [6.07, 6.45) is 5.75. The van der Waals surface area contributed by atoms with E-state index in [9.17, 15) is 14.3 Å². The van der Waals surface area contributed by atoms with Crippen molar-refractivity contribution in [3.8, 4) is 18.1 Å². The standard InChI is InChI=1S/C16H21FN2O3/c1-4-7-22-15-9-12(17)5-6-14(15)19-16(21)18-13(10-20)8-11(2)3/h1,5-6,9,11,13,20H,7-8,10H2,2-3H3,(H2,18,19,21). The molecule has 1 unspecified atom stereocenters. The lowest BCUT2D eigenvalue weighted by Gasteiger charge is -2.19. The highest BCUT2D eigenvalue weighted by Gasteiger charge is 2.14. The molecule has 0 aliphatic heterocycles. The number of nitrogens with one attached hydrogen (secondary N) is 2. The summed E-state index contributed by atoms with van der Waals surface area (Å²) in [5, 5.41) is 14.5. The number of anilines is 1. The molecule has 0 saturated heterocycles. The third-order valence-electron chi connectivity index (χ3n) is 2.81. The molecule has 5 nitrogen and oxygen atoms in total. The number of rotatable bonds is 7. The van der Waals surface area contributed by atoms with Crippen LogP contribution in [-0.2, 0) is 0 Å². The van der Waals surface area contributed by atoms with Crippen LogP contribution >= 0.6 is 0 Å². The maximum atomic E-state index is 13.2. The molecular formula is C16H21FN2O3. The van der Waals surface area contributed by atoms with Gasteiger partial charge in [-0.3, -0.25) is 0 Å². The van der Waals surface area contributed by atoms with Gasteiger partial charge in [0.25, 0.3) is 0 Å². The van der Waals surface area contributed by atoms with Gasteiger partial charge < -0.3 is 20.5 Å². The second-order valence-corrected chi connectivity index (χ2v) is 5.24. The van der Waals surface area contributed by atoms with E-state index in [-0.39, 0.29) is 25.0 Å². The SMILES string of the molecule is C#CCOc1cc(F)ccc1NC(=O)NC(CO)CC(C)C. The molecule has 0 spiro atoms. The van der Waals surface area contributed by atoms with E-state index >= 15 is 0 Å². The zero-order valence-corrected chi connectivity index (χ0v) is 12.7. The monoisotopic (exact) mass is 308 g/mol. The minimum atomic E-state index is -0.503. The molecule has 120 valence electrons. The first kappa shape index (κ1) is 17.8. The number of hydrogen-bond acceptors (Lipinski definition) is 3. The molecule has 22 heavy (non-hydrogen) atoms. The number of aliphatic hydroxyl groups excluding tert-OH is 1. The summed E-state index contributed by atoms with van der Waals surface area (Å²) in [7, 11) is 0. The van der Waals surface area contributed by atoms with Gasteiger partial charge in [0.1, 0.15) is 18.2 Å². The zero-order valence-electron chi connectivity index (χ0n) is 12.7. The van der Waals surface area contributed by atoms with Crippen LogP contribution in [0.25, 0.3) is 0 Å². The van der Waals surface area contributed by atoms with Crippen molar-refractivity contribution in [1.29, 1.82) is 0 Å². The molecule has 0 aliphatic rings. The summed E-state index contributed by atoms with van der Waals surface area (Å²) >= 11 is 0. The maximum Gasteiger partial charge on any atom is 0.319 e. The van der Waals surface area contributed by atoms with Crippen LogP contribution in [0, 0.1) is 24.1 Å². The Kier molecular flexibility index (Phi) is 7.20. The second kappa shape index (κ2) is 8.90. The fraction of sp³-hybridized carbons (Fsp3) is 0.438. The molecule has 0 bridgehead atoms. The van der Waals surface area contributed by atoms with Crippen molar-refractivity contribution in [3.05, 3.63) is 24.0 Å². The van der Waals surface area contributed by atoms with Crippen LogP contribution in [-0.4, -0.2) is 30.4 Å². The van der Waals surface area contributed by atoms with Crippen LogP contribution in [0.2, 0.25) is 0 Å². The van der Waals surface area contributed by atoms with Crippen LogP contribution in [0.1, 0.15) is 20.3 Å². The topological polar surface area (TPSA) is 70.6 Å². The number of aliphatic hydroxyl groups is 1. The average Bonchev–Trinajstić information content (AvgIpc) is 2.46. The Labute approximate surface area is 129 Å². The maximum absolute atomic E-state index is 13.2. The van der Waals surface area contributed by atoms with E-state index < -0.39 is 11.8 Å². The average molecular weight is 308 g/mol. The number of urea groups is 1. The number of hydrogen-bond donors (Lipinski definition) is 3. The van der Waals surface area contributed by atoms with Crippen molar-refractivity contribution < 1.29 is 19.0 Å². The number of amides is 2. The summed E-state index contributed by atoms with van der Waals surface area (Å²) in [5.41, 5.74) is 0.301. The molecule has 2 amide bonds. The van der Waals surface area contributed by atoms with Gasteiger partial charge in [-0.25, -0.2) is 9.18 Å². The first-order chi connectivity index (χ1) is 10.5. The molecule has 1 aromatic rings. The van der Waals surface area contributed by atoms with Gasteiger partial charge in [0.2, 0.25) is 0 Å². The van der Waals surface area contributed by atoms with Gasteiger partial charge in [-0.2, -0.15) is 0 Å². The third-order valence-corrected chi connectivity index (χ3v) is 2.81. The highest BCUT2D eigenvalue weighted by Crippen LogP contribution is 2.25. The Morgan fingerprint density at radius 2 is 2.23 bits per heavy atom. The third kappa shape index (κ3) is 6.02. The highest BCUT2D eigenvalue weighted by atomic mass is 19.1. The largest absolute Gasteiger partial charge is 0.479 e. The molecular weight excluding hydrogens is 287 g/mol. The van der Waals surface area contributed by atoms with Crippen LogP contribution in [0.4, 0.5) is 14.9 Å². The quantitative estimate of drug-likeness (QED) is 0.677. The number of halogens is 1. The van der Waals surface area contributed by atoms with Crippen LogP contribution in [0.5, 0.6) is 5.75 Å². The Morgan fingerprint density at radius 3 is 2.82 bits per heavy atom.